The molecule has 1 aliphatic heterocycles. The van der Waals surface area contributed by atoms with Crippen molar-refractivity contribution in [1.29, 1.82) is 0 Å². The molecule has 1 aliphatic rings. The molecule has 5 heteroatoms. The largest absolute Gasteiger partial charge is 0.514 e. The number of halogens is 1. The Labute approximate surface area is 121 Å². The topological polar surface area (TPSA) is 31.4 Å². The molecule has 1 aromatic rings. The Kier molecular flexibility index (Phi) is 3.95. The Bertz CT molecular complexity index is 487. The molecular weight excluding hydrogens is 256 g/mol. The Morgan fingerprint density at radius 2 is 1.75 bits per heavy atom. The maximum absolute atomic E-state index is 14.1. The first kappa shape index (κ1) is 15.5. The lowest BCUT2D eigenvalue weighted by molar-refractivity contribution is 0.00578. The summed E-state index contributed by atoms with van der Waals surface area (Å²) in [7, 11) is -0.609. The Hall–Kier alpha value is -0.935. The lowest BCUT2D eigenvalue weighted by atomic mass is 9.83. The van der Waals surface area contributed by atoms with Crippen LogP contribution in [-0.2, 0) is 15.7 Å². The van der Waals surface area contributed by atoms with Crippen LogP contribution in [0.2, 0.25) is 0 Å². The second kappa shape index (κ2) is 5.12. The van der Waals surface area contributed by atoms with Crippen molar-refractivity contribution in [2.75, 3.05) is 0 Å². The van der Waals surface area contributed by atoms with Crippen molar-refractivity contribution in [2.45, 2.75) is 59.2 Å². The summed E-state index contributed by atoms with van der Waals surface area (Å²) >= 11 is 0. The van der Waals surface area contributed by atoms with E-state index in [1.165, 1.54) is 6.07 Å². The zero-order chi connectivity index (χ0) is 15.1. The molecule has 0 N–H and O–H groups in total. The van der Waals surface area contributed by atoms with Gasteiger partial charge in [-0.25, -0.2) is 4.39 Å². The van der Waals surface area contributed by atoms with E-state index in [9.17, 15) is 4.39 Å². The molecule has 2 heterocycles. The molecule has 1 aromatic heterocycles. The van der Waals surface area contributed by atoms with E-state index in [-0.39, 0.29) is 5.82 Å². The van der Waals surface area contributed by atoms with Gasteiger partial charge in [0, 0.05) is 11.8 Å². The molecule has 1 fully saturated rings. The summed E-state index contributed by atoms with van der Waals surface area (Å²) in [5, 5.41) is 0. The van der Waals surface area contributed by atoms with Crippen molar-refractivity contribution in [3.05, 3.63) is 23.6 Å². The van der Waals surface area contributed by atoms with E-state index in [1.54, 1.807) is 6.20 Å². The molecule has 0 spiro atoms. The highest BCUT2D eigenvalue weighted by molar-refractivity contribution is 6.61. The molecule has 2 rings (SSSR count). The smallest absolute Gasteiger partial charge is 0.398 e. The van der Waals surface area contributed by atoms with Crippen LogP contribution < -0.4 is 5.59 Å². The number of pyridine rings is 1. The zero-order valence-corrected chi connectivity index (χ0v) is 13.2. The van der Waals surface area contributed by atoms with Gasteiger partial charge < -0.3 is 9.31 Å². The van der Waals surface area contributed by atoms with Crippen molar-refractivity contribution in [3.63, 3.8) is 0 Å². The molecule has 0 aromatic carbocycles. The van der Waals surface area contributed by atoms with Crippen molar-refractivity contribution in [1.82, 2.24) is 4.98 Å². The molecule has 0 unspecified atom stereocenters. The number of hydrogen-bond acceptors (Lipinski definition) is 3. The lowest BCUT2D eigenvalue weighted by Gasteiger charge is -2.32. The average molecular weight is 279 g/mol. The fourth-order valence-electron chi connectivity index (χ4n) is 2.16. The number of rotatable bonds is 3. The maximum atomic E-state index is 14.1. The van der Waals surface area contributed by atoms with Gasteiger partial charge in [0.1, 0.15) is 5.82 Å². The van der Waals surface area contributed by atoms with Gasteiger partial charge in [-0.2, -0.15) is 0 Å². The molecule has 3 nitrogen and oxygen atoms in total. The summed E-state index contributed by atoms with van der Waals surface area (Å²) in [6.07, 6.45) is 2.28. The highest BCUT2D eigenvalue weighted by Crippen LogP contribution is 2.36. The summed E-state index contributed by atoms with van der Waals surface area (Å²) in [6, 6.07) is 1.43. The van der Waals surface area contributed by atoms with Crippen LogP contribution in [0, 0.1) is 11.7 Å². The maximum Gasteiger partial charge on any atom is 0.514 e. The molecule has 1 saturated heterocycles. The van der Waals surface area contributed by atoms with Gasteiger partial charge in [-0.15, -0.1) is 0 Å². The van der Waals surface area contributed by atoms with Crippen LogP contribution in [0.15, 0.2) is 12.3 Å². The van der Waals surface area contributed by atoms with Crippen LogP contribution in [-0.4, -0.2) is 23.3 Å². The molecule has 0 atom stereocenters. The predicted octanol–water partition coefficient (Wildman–Crippen LogP) is 2.72. The molecule has 0 bridgehead atoms. The monoisotopic (exact) mass is 279 g/mol. The first-order valence-corrected chi connectivity index (χ1v) is 7.12. The minimum atomic E-state index is -0.609. The molecule has 0 amide bonds. The first-order chi connectivity index (χ1) is 9.12. The highest BCUT2D eigenvalue weighted by Gasteiger charge is 2.52. The summed E-state index contributed by atoms with van der Waals surface area (Å²) in [5.74, 6) is 0.160. The summed E-state index contributed by atoms with van der Waals surface area (Å²) in [4.78, 5) is 4.32. The molecule has 0 radical (unpaired) electrons. The van der Waals surface area contributed by atoms with Gasteiger partial charge in [0.25, 0.3) is 0 Å². The second-order valence-corrected chi connectivity index (χ2v) is 6.89. The van der Waals surface area contributed by atoms with Gasteiger partial charge in [0.05, 0.1) is 16.8 Å². The second-order valence-electron chi connectivity index (χ2n) is 6.89. The van der Waals surface area contributed by atoms with Crippen LogP contribution in [0.3, 0.4) is 0 Å². The molecule has 20 heavy (non-hydrogen) atoms. The standard InChI is InChI=1S/C15H23BFNO2/c1-10(2)7-11-9-18-13(8-12(11)17)16-19-14(3,4)15(5,6)20-16/h8-10H,7H2,1-6H3. The van der Waals surface area contributed by atoms with Crippen molar-refractivity contribution in [3.8, 4) is 0 Å². The Morgan fingerprint density at radius 1 is 1.20 bits per heavy atom. The highest BCUT2D eigenvalue weighted by atomic mass is 19.1. The normalized spacial score (nSPS) is 20.7. The van der Waals surface area contributed by atoms with E-state index in [2.05, 4.69) is 18.8 Å². The van der Waals surface area contributed by atoms with Crippen LogP contribution in [0.1, 0.15) is 47.1 Å². The van der Waals surface area contributed by atoms with Crippen LogP contribution in [0.4, 0.5) is 4.39 Å². The summed E-state index contributed by atoms with van der Waals surface area (Å²) < 4.78 is 25.8. The Balaban J connectivity index is 2.22. The van der Waals surface area contributed by atoms with E-state index in [0.717, 1.165) is 0 Å². The van der Waals surface area contributed by atoms with Gasteiger partial charge in [-0.3, -0.25) is 4.98 Å². The zero-order valence-electron chi connectivity index (χ0n) is 13.2. The number of hydrogen-bond donors (Lipinski definition) is 0. The van der Waals surface area contributed by atoms with E-state index in [4.69, 9.17) is 9.31 Å². The van der Waals surface area contributed by atoms with E-state index < -0.39 is 18.3 Å². The lowest BCUT2D eigenvalue weighted by Crippen LogP contribution is -2.41. The molecule has 110 valence electrons. The van der Waals surface area contributed by atoms with Crippen LogP contribution >= 0.6 is 0 Å². The Morgan fingerprint density at radius 3 is 2.20 bits per heavy atom. The van der Waals surface area contributed by atoms with E-state index >= 15 is 0 Å². The van der Waals surface area contributed by atoms with Gasteiger partial charge >= 0.3 is 7.12 Å². The van der Waals surface area contributed by atoms with Gasteiger partial charge in [0.15, 0.2) is 0 Å². The third-order valence-corrected chi connectivity index (χ3v) is 4.07. The fraction of sp³-hybridized carbons (Fsp3) is 0.667. The van der Waals surface area contributed by atoms with Crippen molar-refractivity contribution < 1.29 is 13.7 Å². The van der Waals surface area contributed by atoms with Gasteiger partial charge in [-0.1, -0.05) is 13.8 Å². The average Bonchev–Trinajstić information content (AvgIpc) is 2.50. The molecular formula is C15H23BFNO2. The number of aromatic nitrogens is 1. The van der Waals surface area contributed by atoms with E-state index in [1.807, 2.05) is 27.7 Å². The molecule has 0 aliphatic carbocycles. The number of nitrogens with zero attached hydrogens (tertiary/aromatic N) is 1. The molecule has 0 saturated carbocycles. The van der Waals surface area contributed by atoms with E-state index in [0.29, 0.717) is 23.5 Å². The quantitative estimate of drug-likeness (QED) is 0.797. The predicted molar refractivity (Wildman–Crippen MR) is 78.5 cm³/mol. The fourth-order valence-corrected chi connectivity index (χ4v) is 2.16. The minimum absolute atomic E-state index is 0.238. The van der Waals surface area contributed by atoms with Gasteiger partial charge in [-0.05, 0) is 46.1 Å². The van der Waals surface area contributed by atoms with Crippen LogP contribution in [0.25, 0.3) is 0 Å². The third-order valence-electron chi connectivity index (χ3n) is 4.07. The SMILES string of the molecule is CC(C)Cc1cnc(B2OC(C)(C)C(C)(C)O2)cc1F. The summed E-state index contributed by atoms with van der Waals surface area (Å²) in [5.41, 5.74) is 0.257. The van der Waals surface area contributed by atoms with Crippen molar-refractivity contribution >= 4 is 12.7 Å². The van der Waals surface area contributed by atoms with Crippen molar-refractivity contribution in [2.24, 2.45) is 5.92 Å². The van der Waals surface area contributed by atoms with Gasteiger partial charge in [0.2, 0.25) is 0 Å². The first-order valence-electron chi connectivity index (χ1n) is 7.12. The summed E-state index contributed by atoms with van der Waals surface area (Å²) in [6.45, 7) is 12.0. The van der Waals surface area contributed by atoms with Crippen LogP contribution in [0.5, 0.6) is 0 Å². The minimum Gasteiger partial charge on any atom is -0.398 e. The third kappa shape index (κ3) is 2.89.